The lowest BCUT2D eigenvalue weighted by Gasteiger charge is -2.34. The molecule has 0 aliphatic carbocycles. The summed E-state index contributed by atoms with van der Waals surface area (Å²) in [6.07, 6.45) is 3.99. The quantitative estimate of drug-likeness (QED) is 0.755. The van der Waals surface area contributed by atoms with Crippen molar-refractivity contribution in [2.75, 3.05) is 18.4 Å². The number of anilines is 1. The molecule has 0 bridgehead atoms. The summed E-state index contributed by atoms with van der Waals surface area (Å²) in [5, 5.41) is 11.8. The maximum Gasteiger partial charge on any atom is 0.241 e. The van der Waals surface area contributed by atoms with E-state index in [1.54, 1.807) is 0 Å². The number of fused-ring (bicyclic) bond motifs is 1. The van der Waals surface area contributed by atoms with Crippen molar-refractivity contribution >= 4 is 17.2 Å². The number of nitrogens with zero attached hydrogens (tertiary/aromatic N) is 4. The largest absolute Gasteiger partial charge is 0.325 e. The Bertz CT molecular complexity index is 967. The Morgan fingerprint density at radius 3 is 2.54 bits per heavy atom. The number of pyridine rings is 1. The van der Waals surface area contributed by atoms with Crippen molar-refractivity contribution in [3.63, 3.8) is 0 Å². The smallest absolute Gasteiger partial charge is 0.241 e. The fourth-order valence-electron chi connectivity index (χ4n) is 4.14. The third kappa shape index (κ3) is 3.78. The van der Waals surface area contributed by atoms with Crippen LogP contribution in [0.3, 0.4) is 0 Å². The zero-order valence-electron chi connectivity index (χ0n) is 16.7. The summed E-state index contributed by atoms with van der Waals surface area (Å²) < 4.78 is 2.08. The molecule has 1 saturated heterocycles. The van der Waals surface area contributed by atoms with Crippen LogP contribution < -0.4 is 5.32 Å². The van der Waals surface area contributed by atoms with Crippen LogP contribution in [0.25, 0.3) is 5.65 Å². The van der Waals surface area contributed by atoms with Crippen LogP contribution >= 0.6 is 0 Å². The normalized spacial score (nSPS) is 17.0. The van der Waals surface area contributed by atoms with Gasteiger partial charge in [-0.05, 0) is 82.1 Å². The first-order valence-electron chi connectivity index (χ1n) is 9.94. The summed E-state index contributed by atoms with van der Waals surface area (Å²) in [5.74, 6) is 1.46. The van der Waals surface area contributed by atoms with Gasteiger partial charge < -0.3 is 5.32 Å². The minimum Gasteiger partial charge on any atom is -0.325 e. The van der Waals surface area contributed by atoms with Gasteiger partial charge in [-0.1, -0.05) is 12.1 Å². The second-order valence-corrected chi connectivity index (χ2v) is 7.84. The predicted octanol–water partition coefficient (Wildman–Crippen LogP) is 3.55. The van der Waals surface area contributed by atoms with Gasteiger partial charge in [0.1, 0.15) is 5.82 Å². The lowest BCUT2D eigenvalue weighted by Crippen LogP contribution is -2.45. The van der Waals surface area contributed by atoms with Crippen molar-refractivity contribution in [2.24, 2.45) is 0 Å². The average molecular weight is 377 g/mol. The molecule has 0 unspecified atom stereocenters. The number of carbonyl (C=O) groups is 1. The van der Waals surface area contributed by atoms with Crippen LogP contribution in [0.5, 0.6) is 0 Å². The van der Waals surface area contributed by atoms with Crippen molar-refractivity contribution < 1.29 is 4.79 Å². The Labute approximate surface area is 165 Å². The first-order chi connectivity index (χ1) is 13.5. The molecule has 146 valence electrons. The van der Waals surface area contributed by atoms with Gasteiger partial charge in [-0.15, -0.1) is 10.2 Å². The minimum atomic E-state index is -0.156. The fourth-order valence-corrected chi connectivity index (χ4v) is 4.14. The maximum atomic E-state index is 12.7. The van der Waals surface area contributed by atoms with Crippen molar-refractivity contribution in [1.82, 2.24) is 19.5 Å². The summed E-state index contributed by atoms with van der Waals surface area (Å²) in [4.78, 5) is 15.0. The van der Waals surface area contributed by atoms with Gasteiger partial charge in [0.15, 0.2) is 5.65 Å². The number of aryl methyl sites for hydroxylation is 2. The highest BCUT2D eigenvalue weighted by atomic mass is 16.2. The molecular weight excluding hydrogens is 350 g/mol. The van der Waals surface area contributed by atoms with E-state index in [9.17, 15) is 4.79 Å². The Balaban J connectivity index is 1.38. The Morgan fingerprint density at radius 2 is 1.82 bits per heavy atom. The lowest BCUT2D eigenvalue weighted by molar-refractivity contribution is -0.121. The highest BCUT2D eigenvalue weighted by Gasteiger charge is 2.29. The average Bonchev–Trinajstić information content (AvgIpc) is 3.11. The number of rotatable bonds is 4. The highest BCUT2D eigenvalue weighted by molar-refractivity contribution is 5.94. The Hall–Kier alpha value is -2.73. The van der Waals surface area contributed by atoms with Crippen LogP contribution in [0.2, 0.25) is 0 Å². The first-order valence-corrected chi connectivity index (χ1v) is 9.94. The predicted molar refractivity (Wildman–Crippen MR) is 111 cm³/mol. The molecule has 28 heavy (non-hydrogen) atoms. The SMILES string of the molecule is Cc1cc(C)cc(NC(=O)[C@H](C)N2CCC(c3nnc4ccccn34)CC2)c1. The standard InChI is InChI=1S/C22H27N5O/c1-15-12-16(2)14-19(13-15)23-22(28)17(3)26-10-7-18(8-11-26)21-25-24-20-6-4-5-9-27(20)21/h4-6,9,12-14,17-18H,7-8,10-11H2,1-3H3,(H,23,28)/t17-/m0/s1. The number of hydrogen-bond donors (Lipinski definition) is 1. The molecule has 1 aliphatic rings. The molecule has 0 saturated carbocycles. The number of amides is 1. The number of benzene rings is 1. The van der Waals surface area contributed by atoms with Crippen LogP contribution in [-0.4, -0.2) is 44.5 Å². The molecule has 3 aromatic rings. The van der Waals surface area contributed by atoms with Crippen molar-refractivity contribution in [3.05, 3.63) is 59.5 Å². The number of aromatic nitrogens is 3. The third-order valence-corrected chi connectivity index (χ3v) is 5.65. The minimum absolute atomic E-state index is 0.0522. The molecule has 2 aromatic heterocycles. The van der Waals surface area contributed by atoms with Gasteiger partial charge in [-0.2, -0.15) is 0 Å². The molecule has 1 amide bonds. The van der Waals surface area contributed by atoms with Crippen LogP contribution in [0.1, 0.15) is 42.6 Å². The molecule has 4 rings (SSSR count). The molecule has 1 atom stereocenters. The second-order valence-electron chi connectivity index (χ2n) is 7.84. The molecule has 1 aromatic carbocycles. The van der Waals surface area contributed by atoms with E-state index >= 15 is 0 Å². The van der Waals surface area contributed by atoms with Gasteiger partial charge in [0.2, 0.25) is 5.91 Å². The van der Waals surface area contributed by atoms with Gasteiger partial charge in [0, 0.05) is 17.8 Å². The monoisotopic (exact) mass is 377 g/mol. The molecular formula is C22H27N5O. The van der Waals surface area contributed by atoms with E-state index in [0.29, 0.717) is 5.92 Å². The number of piperidine rings is 1. The Morgan fingerprint density at radius 1 is 1.11 bits per heavy atom. The zero-order chi connectivity index (χ0) is 19.7. The fraction of sp³-hybridized carbons (Fsp3) is 0.409. The van der Waals surface area contributed by atoms with Gasteiger partial charge in [-0.25, -0.2) is 0 Å². The van der Waals surface area contributed by atoms with Crippen LogP contribution in [-0.2, 0) is 4.79 Å². The molecule has 0 spiro atoms. The summed E-state index contributed by atoms with van der Waals surface area (Å²) in [6.45, 7) is 7.85. The van der Waals surface area contributed by atoms with E-state index in [0.717, 1.165) is 54.2 Å². The lowest BCUT2D eigenvalue weighted by atomic mass is 9.95. The number of carbonyl (C=O) groups excluding carboxylic acids is 1. The van der Waals surface area contributed by atoms with Crippen molar-refractivity contribution in [1.29, 1.82) is 0 Å². The number of likely N-dealkylation sites (tertiary alicyclic amines) is 1. The van der Waals surface area contributed by atoms with Gasteiger partial charge in [0.05, 0.1) is 6.04 Å². The first kappa shape index (κ1) is 18.6. The summed E-state index contributed by atoms with van der Waals surface area (Å²) in [5.41, 5.74) is 4.08. The topological polar surface area (TPSA) is 62.5 Å². The van der Waals surface area contributed by atoms with Crippen molar-refractivity contribution in [3.8, 4) is 0 Å². The van der Waals surface area contributed by atoms with E-state index < -0.39 is 0 Å². The van der Waals surface area contributed by atoms with Crippen LogP contribution in [0.4, 0.5) is 5.69 Å². The summed E-state index contributed by atoms with van der Waals surface area (Å²) in [7, 11) is 0. The molecule has 6 heteroatoms. The molecule has 3 heterocycles. The molecule has 1 fully saturated rings. The van der Waals surface area contributed by atoms with E-state index in [1.807, 2.05) is 57.3 Å². The third-order valence-electron chi connectivity index (χ3n) is 5.65. The van der Waals surface area contributed by atoms with E-state index in [4.69, 9.17) is 0 Å². The van der Waals surface area contributed by atoms with Gasteiger partial charge in [0.25, 0.3) is 0 Å². The summed E-state index contributed by atoms with van der Waals surface area (Å²) in [6, 6.07) is 11.9. The Kier molecular flexibility index (Phi) is 5.13. The highest BCUT2D eigenvalue weighted by Crippen LogP contribution is 2.28. The van der Waals surface area contributed by atoms with E-state index in [1.165, 1.54) is 0 Å². The maximum absolute atomic E-state index is 12.7. The number of hydrogen-bond acceptors (Lipinski definition) is 4. The van der Waals surface area contributed by atoms with Crippen molar-refractivity contribution in [2.45, 2.75) is 45.6 Å². The summed E-state index contributed by atoms with van der Waals surface area (Å²) >= 11 is 0. The van der Waals surface area contributed by atoms with Crippen LogP contribution in [0, 0.1) is 13.8 Å². The molecule has 1 aliphatic heterocycles. The molecule has 6 nitrogen and oxygen atoms in total. The zero-order valence-corrected chi connectivity index (χ0v) is 16.7. The van der Waals surface area contributed by atoms with Gasteiger partial charge >= 0.3 is 0 Å². The van der Waals surface area contributed by atoms with Crippen LogP contribution in [0.15, 0.2) is 42.6 Å². The molecule has 0 radical (unpaired) electrons. The van der Waals surface area contributed by atoms with E-state index in [-0.39, 0.29) is 11.9 Å². The molecule has 1 N–H and O–H groups in total. The van der Waals surface area contributed by atoms with E-state index in [2.05, 4.69) is 30.9 Å². The van der Waals surface area contributed by atoms with Gasteiger partial charge in [-0.3, -0.25) is 14.1 Å². The second kappa shape index (κ2) is 7.72. The number of nitrogens with one attached hydrogen (secondary N) is 1.